The molecule has 0 atom stereocenters. The van der Waals surface area contributed by atoms with Gasteiger partial charge in [0.1, 0.15) is 0 Å². The first kappa shape index (κ1) is 69.5. The van der Waals surface area contributed by atoms with E-state index in [0.717, 1.165) is 11.4 Å². The molecule has 0 aliphatic rings. The molecular formula is C120H74N4. The van der Waals surface area contributed by atoms with Crippen LogP contribution in [0.4, 0.5) is 0 Å². The van der Waals surface area contributed by atoms with Crippen LogP contribution >= 0.6 is 0 Å². The average molecular weight is 1570 g/mol. The lowest BCUT2D eigenvalue weighted by molar-refractivity contribution is 1.18. The van der Waals surface area contributed by atoms with E-state index in [9.17, 15) is 0 Å². The second kappa shape index (κ2) is 27.6. The summed E-state index contributed by atoms with van der Waals surface area (Å²) in [5, 5.41) is 33.0. The summed E-state index contributed by atoms with van der Waals surface area (Å²) in [6.45, 7) is 0. The molecule has 0 fully saturated rings. The Balaban J connectivity index is 0.000000133. The van der Waals surface area contributed by atoms with Gasteiger partial charge in [-0.15, -0.1) is 0 Å². The maximum atomic E-state index is 2.45. The van der Waals surface area contributed by atoms with Crippen LogP contribution in [-0.4, -0.2) is 18.3 Å². The fourth-order valence-corrected chi connectivity index (χ4v) is 21.1. The number of hydrogen-bond donors (Lipinski definition) is 0. The van der Waals surface area contributed by atoms with E-state index in [2.05, 4.69) is 467 Å². The van der Waals surface area contributed by atoms with Crippen LogP contribution in [0.25, 0.3) is 251 Å². The van der Waals surface area contributed by atoms with Crippen molar-refractivity contribution < 1.29 is 0 Å². The van der Waals surface area contributed by atoms with Gasteiger partial charge in [-0.3, -0.25) is 0 Å². The second-order valence-corrected chi connectivity index (χ2v) is 33.3. The number of aromatic nitrogens is 4. The maximum Gasteiger partial charge on any atom is 0.0541 e. The number of fused-ring (bicyclic) bond motifs is 27. The van der Waals surface area contributed by atoms with E-state index in [0.29, 0.717) is 0 Å². The highest BCUT2D eigenvalue weighted by Gasteiger charge is 2.23. The lowest BCUT2D eigenvalue weighted by Crippen LogP contribution is -1.95. The summed E-state index contributed by atoms with van der Waals surface area (Å²) in [5.74, 6) is 0. The molecule has 0 unspecified atom stereocenters. The summed E-state index contributed by atoms with van der Waals surface area (Å²) < 4.78 is 9.73. The molecule has 0 spiro atoms. The molecule has 27 aromatic rings. The molecule has 4 nitrogen and oxygen atoms in total. The fraction of sp³-hybridized carbons (Fsp3) is 0. The molecule has 23 aromatic carbocycles. The Morgan fingerprint density at radius 1 is 0.121 bits per heavy atom. The van der Waals surface area contributed by atoms with Gasteiger partial charge in [0, 0.05) is 65.2 Å². The lowest BCUT2D eigenvalue weighted by Gasteiger charge is -2.17. The Morgan fingerprint density at radius 2 is 0.427 bits per heavy atom. The number of para-hydroxylation sites is 4. The fourth-order valence-electron chi connectivity index (χ4n) is 21.1. The molecule has 0 aliphatic heterocycles. The van der Waals surface area contributed by atoms with Crippen molar-refractivity contribution >= 4 is 184 Å². The standard InChI is InChI=1S/C62H38N2.C58H36N2/c1-2-19-44-39(15-1)16-14-30-57(44)64-59-29-12-10-25-50(59)55-37-41(32-34-61(55)64)40-31-33-60-54(36-40)49-24-9-11-28-58(49)63(60)43-18-13-17-42(35-43)53-38-56-47-22-4-3-20-45(47)46-21-5-7-26-51(46)62(56)52-27-8-6-23-48(52)53;1-3-13-45-39(11-1)22-30-49-46-29-23-40(34-43(46)24-31-48(45)49)37-20-27-44(28-21-37)59-55-17-7-5-15-50(55)52-35-41(25-32-57(52)59)42-26-33-58-53(36-42)51-16-6-8-18-56(51)60(58)54-19-9-12-38-10-2-4-14-47(38)54/h1-38H;1-36H. The molecule has 574 valence electrons. The summed E-state index contributed by atoms with van der Waals surface area (Å²) in [5.41, 5.74) is 24.0. The quantitative estimate of drug-likeness (QED) is 0.135. The second-order valence-electron chi connectivity index (χ2n) is 33.3. The monoisotopic (exact) mass is 1570 g/mol. The van der Waals surface area contributed by atoms with Crippen LogP contribution in [0.15, 0.2) is 449 Å². The van der Waals surface area contributed by atoms with Gasteiger partial charge in [0.25, 0.3) is 0 Å². The molecule has 0 N–H and O–H groups in total. The van der Waals surface area contributed by atoms with Crippen molar-refractivity contribution in [2.45, 2.75) is 0 Å². The minimum absolute atomic E-state index is 1.15. The Morgan fingerprint density at radius 3 is 0.927 bits per heavy atom. The van der Waals surface area contributed by atoms with Crippen LogP contribution in [0, 0.1) is 0 Å². The van der Waals surface area contributed by atoms with E-state index in [1.54, 1.807) is 0 Å². The summed E-state index contributed by atoms with van der Waals surface area (Å²) in [6.07, 6.45) is 0. The van der Waals surface area contributed by atoms with Gasteiger partial charge in [0.05, 0.1) is 55.5 Å². The van der Waals surface area contributed by atoms with Crippen LogP contribution in [-0.2, 0) is 0 Å². The van der Waals surface area contributed by atoms with E-state index in [4.69, 9.17) is 0 Å². The summed E-state index contributed by atoms with van der Waals surface area (Å²) in [7, 11) is 0. The van der Waals surface area contributed by atoms with Crippen LogP contribution in [0.3, 0.4) is 0 Å². The highest BCUT2D eigenvalue weighted by molar-refractivity contribution is 6.33. The van der Waals surface area contributed by atoms with Gasteiger partial charge in [0.2, 0.25) is 0 Å². The van der Waals surface area contributed by atoms with Crippen LogP contribution in [0.1, 0.15) is 0 Å². The van der Waals surface area contributed by atoms with Gasteiger partial charge in [0.15, 0.2) is 0 Å². The van der Waals surface area contributed by atoms with Crippen molar-refractivity contribution in [3.05, 3.63) is 449 Å². The Kier molecular flexibility index (Phi) is 15.5. The van der Waals surface area contributed by atoms with Crippen molar-refractivity contribution in [1.82, 2.24) is 18.3 Å². The third-order valence-corrected chi connectivity index (χ3v) is 26.7. The first-order valence-corrected chi connectivity index (χ1v) is 42.9. The third-order valence-electron chi connectivity index (χ3n) is 26.7. The molecule has 0 radical (unpaired) electrons. The van der Waals surface area contributed by atoms with Crippen molar-refractivity contribution in [1.29, 1.82) is 0 Å². The Labute approximate surface area is 713 Å². The molecule has 0 saturated carbocycles. The maximum absolute atomic E-state index is 2.45. The SMILES string of the molecule is c1cc(-c2cc3c4ccccc4c4ccccc4c3c3ccccc23)cc(-n2c3ccccc3c3cc(-c4ccc5c(c4)c4ccccc4n5-c4cccc5ccccc45)ccc32)c1.c1ccc2c(-n3c4ccccc4c4cc(-c5ccc6c(c5)c5ccccc5n6-c5ccc(-c6ccc7c(ccc8c9ccccc9ccc78)c6)cc5)ccc43)cccc2c1. The number of hydrogen-bond acceptors (Lipinski definition) is 0. The molecule has 0 bridgehead atoms. The molecule has 0 amide bonds. The van der Waals surface area contributed by atoms with Gasteiger partial charge >= 0.3 is 0 Å². The van der Waals surface area contributed by atoms with Crippen molar-refractivity contribution in [2.24, 2.45) is 0 Å². The van der Waals surface area contributed by atoms with Gasteiger partial charge in [-0.2, -0.15) is 0 Å². The third kappa shape index (κ3) is 10.7. The van der Waals surface area contributed by atoms with Crippen molar-refractivity contribution in [3.63, 3.8) is 0 Å². The summed E-state index contributed by atoms with van der Waals surface area (Å²) in [6, 6.07) is 166. The minimum Gasteiger partial charge on any atom is -0.309 e. The van der Waals surface area contributed by atoms with E-state index in [1.807, 2.05) is 0 Å². The van der Waals surface area contributed by atoms with E-state index >= 15 is 0 Å². The first-order valence-electron chi connectivity index (χ1n) is 42.9. The van der Waals surface area contributed by atoms with E-state index in [1.165, 1.54) is 240 Å². The molecule has 0 aliphatic carbocycles. The van der Waals surface area contributed by atoms with Gasteiger partial charge in [-0.05, 0) is 252 Å². The van der Waals surface area contributed by atoms with Gasteiger partial charge in [-0.25, -0.2) is 0 Å². The molecule has 0 saturated heterocycles. The average Bonchev–Trinajstić information content (AvgIpc) is 0.821. The van der Waals surface area contributed by atoms with Crippen LogP contribution in [0.5, 0.6) is 0 Å². The van der Waals surface area contributed by atoms with Crippen LogP contribution < -0.4 is 0 Å². The minimum atomic E-state index is 1.15. The van der Waals surface area contributed by atoms with Crippen molar-refractivity contribution in [3.8, 4) is 67.3 Å². The lowest BCUT2D eigenvalue weighted by atomic mass is 9.87. The normalized spacial score (nSPS) is 12.0. The molecule has 4 heterocycles. The zero-order valence-corrected chi connectivity index (χ0v) is 67.5. The highest BCUT2D eigenvalue weighted by Crippen LogP contribution is 2.47. The zero-order valence-electron chi connectivity index (χ0n) is 67.5. The molecule has 27 rings (SSSR count). The first-order chi connectivity index (χ1) is 61.5. The topological polar surface area (TPSA) is 19.7 Å². The van der Waals surface area contributed by atoms with Crippen molar-refractivity contribution in [2.75, 3.05) is 0 Å². The van der Waals surface area contributed by atoms with Gasteiger partial charge < -0.3 is 18.3 Å². The summed E-state index contributed by atoms with van der Waals surface area (Å²) >= 11 is 0. The molecule has 124 heavy (non-hydrogen) atoms. The predicted octanol–water partition coefficient (Wildman–Crippen LogP) is 32.8. The van der Waals surface area contributed by atoms with Gasteiger partial charge in [-0.1, -0.05) is 328 Å². The Bertz CT molecular complexity index is 9190. The Hall–Kier alpha value is -16.4. The smallest absolute Gasteiger partial charge is 0.0541 e. The highest BCUT2D eigenvalue weighted by atomic mass is 15.0. The van der Waals surface area contributed by atoms with E-state index < -0.39 is 0 Å². The largest absolute Gasteiger partial charge is 0.309 e. The zero-order chi connectivity index (χ0) is 81.2. The summed E-state index contributed by atoms with van der Waals surface area (Å²) in [4.78, 5) is 0. The molecule has 4 aromatic heterocycles. The van der Waals surface area contributed by atoms with E-state index in [-0.39, 0.29) is 0 Å². The van der Waals surface area contributed by atoms with Crippen LogP contribution in [0.2, 0.25) is 0 Å². The molecule has 4 heteroatoms. The molecular weight excluding hydrogens is 1500 g/mol. The predicted molar refractivity (Wildman–Crippen MR) is 530 cm³/mol. The number of benzene rings is 23. The number of rotatable bonds is 8. The number of nitrogens with zero attached hydrogens (tertiary/aromatic N) is 4.